The van der Waals surface area contributed by atoms with Crippen molar-refractivity contribution in [3.8, 4) is 11.3 Å². The second-order valence-electron chi connectivity index (χ2n) is 4.46. The summed E-state index contributed by atoms with van der Waals surface area (Å²) in [6.45, 7) is 1.91. The number of nitrogens with zero attached hydrogens (tertiary/aromatic N) is 2. The number of fused-ring (bicyclic) bond motifs is 1. The monoisotopic (exact) mass is 253 g/mol. The van der Waals surface area contributed by atoms with Crippen LogP contribution in [-0.4, -0.2) is 9.97 Å². The number of nitrogens with two attached hydrogens (primary N) is 1. The molecule has 0 saturated carbocycles. The summed E-state index contributed by atoms with van der Waals surface area (Å²) in [5.74, 6) is 0.263. The Kier molecular flexibility index (Phi) is 2.63. The van der Waals surface area contributed by atoms with Crippen molar-refractivity contribution in [2.24, 2.45) is 0 Å². The number of anilines is 1. The van der Waals surface area contributed by atoms with Crippen LogP contribution in [-0.2, 0) is 0 Å². The van der Waals surface area contributed by atoms with Crippen molar-refractivity contribution < 1.29 is 4.39 Å². The molecule has 0 spiro atoms. The summed E-state index contributed by atoms with van der Waals surface area (Å²) in [6, 6.07) is 10.2. The number of nitrogen functional groups attached to an aromatic ring is 1. The predicted molar refractivity (Wildman–Crippen MR) is 74.1 cm³/mol. The van der Waals surface area contributed by atoms with Gasteiger partial charge in [-0.1, -0.05) is 6.07 Å². The van der Waals surface area contributed by atoms with E-state index in [9.17, 15) is 4.39 Å². The summed E-state index contributed by atoms with van der Waals surface area (Å²) in [6.07, 6.45) is 1.69. The fourth-order valence-electron chi connectivity index (χ4n) is 1.98. The normalized spacial score (nSPS) is 10.8. The maximum Gasteiger partial charge on any atom is 0.126 e. The summed E-state index contributed by atoms with van der Waals surface area (Å²) in [5.41, 5.74) is 9.08. The van der Waals surface area contributed by atoms with Crippen LogP contribution in [0.2, 0.25) is 0 Å². The summed E-state index contributed by atoms with van der Waals surface area (Å²) < 4.78 is 13.1. The number of pyridine rings is 2. The van der Waals surface area contributed by atoms with Crippen LogP contribution in [0.1, 0.15) is 5.56 Å². The van der Waals surface area contributed by atoms with Crippen LogP contribution in [0.5, 0.6) is 0 Å². The van der Waals surface area contributed by atoms with E-state index in [1.54, 1.807) is 12.3 Å². The summed E-state index contributed by atoms with van der Waals surface area (Å²) in [5, 5.41) is 0.781. The third-order valence-electron chi connectivity index (χ3n) is 3.07. The molecule has 1 aromatic carbocycles. The van der Waals surface area contributed by atoms with Gasteiger partial charge in [0, 0.05) is 17.1 Å². The van der Waals surface area contributed by atoms with E-state index in [2.05, 4.69) is 9.97 Å². The third kappa shape index (κ3) is 2.12. The Morgan fingerprint density at radius 2 is 1.95 bits per heavy atom. The van der Waals surface area contributed by atoms with Crippen molar-refractivity contribution in [3.05, 3.63) is 54.0 Å². The Bertz CT molecular complexity index is 768. The molecule has 0 amide bonds. The third-order valence-corrected chi connectivity index (χ3v) is 3.07. The van der Waals surface area contributed by atoms with Crippen molar-refractivity contribution in [2.45, 2.75) is 6.92 Å². The van der Waals surface area contributed by atoms with Gasteiger partial charge < -0.3 is 5.73 Å². The molecule has 3 aromatic rings. The van der Waals surface area contributed by atoms with Crippen molar-refractivity contribution in [3.63, 3.8) is 0 Å². The first-order chi connectivity index (χ1) is 9.13. The Morgan fingerprint density at radius 1 is 1.11 bits per heavy atom. The van der Waals surface area contributed by atoms with Crippen LogP contribution in [0.25, 0.3) is 22.2 Å². The number of aryl methyl sites for hydroxylation is 1. The lowest BCUT2D eigenvalue weighted by Gasteiger charge is -2.05. The van der Waals surface area contributed by atoms with Crippen molar-refractivity contribution in [1.29, 1.82) is 0 Å². The van der Waals surface area contributed by atoms with Crippen molar-refractivity contribution >= 4 is 16.7 Å². The van der Waals surface area contributed by atoms with Gasteiger partial charge in [0.2, 0.25) is 0 Å². The van der Waals surface area contributed by atoms with E-state index in [1.807, 2.05) is 25.1 Å². The number of halogens is 1. The molecule has 0 saturated heterocycles. The van der Waals surface area contributed by atoms with Gasteiger partial charge in [-0.3, -0.25) is 0 Å². The molecule has 4 heteroatoms. The predicted octanol–water partition coefficient (Wildman–Crippen LogP) is 3.33. The second kappa shape index (κ2) is 4.31. The van der Waals surface area contributed by atoms with Crippen LogP contribution in [0.4, 0.5) is 10.2 Å². The van der Waals surface area contributed by atoms with Gasteiger partial charge in [0.05, 0.1) is 11.2 Å². The maximum absolute atomic E-state index is 13.1. The fourth-order valence-corrected chi connectivity index (χ4v) is 1.98. The summed E-state index contributed by atoms with van der Waals surface area (Å²) in [7, 11) is 0. The van der Waals surface area contributed by atoms with Gasteiger partial charge in [-0.2, -0.15) is 0 Å². The van der Waals surface area contributed by atoms with Crippen LogP contribution in [0.3, 0.4) is 0 Å². The lowest BCUT2D eigenvalue weighted by atomic mass is 10.1. The van der Waals surface area contributed by atoms with E-state index >= 15 is 0 Å². The average molecular weight is 253 g/mol. The molecular weight excluding hydrogens is 241 g/mol. The zero-order valence-corrected chi connectivity index (χ0v) is 10.4. The van der Waals surface area contributed by atoms with Gasteiger partial charge in [0.15, 0.2) is 0 Å². The van der Waals surface area contributed by atoms with Gasteiger partial charge >= 0.3 is 0 Å². The molecule has 0 fully saturated rings. The van der Waals surface area contributed by atoms with E-state index in [0.29, 0.717) is 5.82 Å². The molecule has 2 aromatic heterocycles. The number of benzene rings is 1. The van der Waals surface area contributed by atoms with E-state index in [4.69, 9.17) is 5.73 Å². The first kappa shape index (κ1) is 11.6. The lowest BCUT2D eigenvalue weighted by molar-refractivity contribution is 0.629. The zero-order chi connectivity index (χ0) is 13.4. The van der Waals surface area contributed by atoms with Crippen molar-refractivity contribution in [2.75, 3.05) is 5.73 Å². The highest BCUT2D eigenvalue weighted by molar-refractivity contribution is 5.81. The molecule has 3 nitrogen and oxygen atoms in total. The molecule has 2 N–H and O–H groups in total. The standard InChI is InChI=1S/C15H12FN3/c1-9-6-11(8-18-15(9)17)14-4-2-10-7-12(16)3-5-13(10)19-14/h2-8H,1H3,(H2,17,18). The maximum atomic E-state index is 13.1. The first-order valence-corrected chi connectivity index (χ1v) is 5.92. The second-order valence-corrected chi connectivity index (χ2v) is 4.46. The molecule has 2 heterocycles. The Labute approximate surface area is 109 Å². The topological polar surface area (TPSA) is 51.8 Å². The molecule has 0 atom stereocenters. The molecule has 0 unspecified atom stereocenters. The molecular formula is C15H12FN3. The van der Waals surface area contributed by atoms with E-state index in [1.165, 1.54) is 12.1 Å². The summed E-state index contributed by atoms with van der Waals surface area (Å²) in [4.78, 5) is 8.64. The molecule has 19 heavy (non-hydrogen) atoms. The molecule has 0 bridgehead atoms. The number of hydrogen-bond donors (Lipinski definition) is 1. The highest BCUT2D eigenvalue weighted by Crippen LogP contribution is 2.23. The average Bonchev–Trinajstić information content (AvgIpc) is 2.41. The highest BCUT2D eigenvalue weighted by atomic mass is 19.1. The fraction of sp³-hybridized carbons (Fsp3) is 0.0667. The highest BCUT2D eigenvalue weighted by Gasteiger charge is 2.04. The molecule has 0 aliphatic heterocycles. The summed E-state index contributed by atoms with van der Waals surface area (Å²) >= 11 is 0. The molecule has 0 aliphatic rings. The van der Waals surface area contributed by atoms with E-state index < -0.39 is 0 Å². The molecule has 94 valence electrons. The largest absolute Gasteiger partial charge is 0.383 e. The number of aromatic nitrogens is 2. The first-order valence-electron chi connectivity index (χ1n) is 5.92. The minimum atomic E-state index is -0.257. The number of hydrogen-bond acceptors (Lipinski definition) is 3. The minimum absolute atomic E-state index is 0.257. The van der Waals surface area contributed by atoms with Gasteiger partial charge in [-0.15, -0.1) is 0 Å². The Balaban J connectivity index is 2.14. The van der Waals surface area contributed by atoms with Crippen LogP contribution in [0.15, 0.2) is 42.6 Å². The Morgan fingerprint density at radius 3 is 2.74 bits per heavy atom. The van der Waals surface area contributed by atoms with Crippen molar-refractivity contribution in [1.82, 2.24) is 9.97 Å². The smallest absolute Gasteiger partial charge is 0.126 e. The van der Waals surface area contributed by atoms with Gasteiger partial charge in [0.1, 0.15) is 11.6 Å². The van der Waals surface area contributed by atoms with E-state index in [0.717, 1.165) is 27.7 Å². The van der Waals surface area contributed by atoms with Crippen LogP contribution >= 0.6 is 0 Å². The molecule has 3 rings (SSSR count). The van der Waals surface area contributed by atoms with Crippen LogP contribution < -0.4 is 5.73 Å². The van der Waals surface area contributed by atoms with E-state index in [-0.39, 0.29) is 5.82 Å². The zero-order valence-electron chi connectivity index (χ0n) is 10.4. The Hall–Kier alpha value is -2.49. The minimum Gasteiger partial charge on any atom is -0.383 e. The van der Waals surface area contributed by atoms with Gasteiger partial charge in [-0.25, -0.2) is 14.4 Å². The SMILES string of the molecule is Cc1cc(-c2ccc3cc(F)ccc3n2)cnc1N. The van der Waals surface area contributed by atoms with Gasteiger partial charge in [-0.05, 0) is 42.8 Å². The number of rotatable bonds is 1. The molecule has 0 aliphatic carbocycles. The quantitative estimate of drug-likeness (QED) is 0.723. The van der Waals surface area contributed by atoms with Gasteiger partial charge in [0.25, 0.3) is 0 Å². The molecule has 0 radical (unpaired) electrons. The van der Waals surface area contributed by atoms with Crippen LogP contribution in [0, 0.1) is 12.7 Å². The lowest BCUT2D eigenvalue weighted by Crippen LogP contribution is -1.95.